The van der Waals surface area contributed by atoms with Crippen LogP contribution in [0.2, 0.25) is 0 Å². The third kappa shape index (κ3) is 2.35. The zero-order valence-electron chi connectivity index (χ0n) is 9.94. The minimum atomic E-state index is -0.292. The van der Waals surface area contributed by atoms with Crippen LogP contribution in [0.25, 0.3) is 11.1 Å². The molecule has 0 aliphatic rings. The van der Waals surface area contributed by atoms with Crippen molar-refractivity contribution in [2.75, 3.05) is 0 Å². The first-order valence-corrected chi connectivity index (χ1v) is 5.81. The molecule has 2 heterocycles. The van der Waals surface area contributed by atoms with Gasteiger partial charge >= 0.3 is 0 Å². The number of aromatic nitrogens is 1. The zero-order valence-corrected chi connectivity index (χ0v) is 9.94. The highest BCUT2D eigenvalue weighted by Gasteiger charge is 2.10. The minimum absolute atomic E-state index is 0.226. The van der Waals surface area contributed by atoms with Gasteiger partial charge in [0.1, 0.15) is 11.5 Å². The Morgan fingerprint density at radius 2 is 2.05 bits per heavy atom. The molecule has 0 unspecified atom stereocenters. The number of rotatable bonds is 3. The molecule has 0 aliphatic carbocycles. The molecule has 3 rings (SSSR count). The second kappa shape index (κ2) is 4.61. The van der Waals surface area contributed by atoms with Gasteiger partial charge in [0.15, 0.2) is 5.58 Å². The Morgan fingerprint density at radius 3 is 2.79 bits per heavy atom. The molecule has 5 heteroatoms. The first-order valence-electron chi connectivity index (χ1n) is 5.81. The lowest BCUT2D eigenvalue weighted by molar-refractivity contribution is 0.0946. The molecule has 0 fully saturated rings. The van der Waals surface area contributed by atoms with E-state index in [0.29, 0.717) is 17.8 Å². The molecule has 2 N–H and O–H groups in total. The van der Waals surface area contributed by atoms with E-state index < -0.39 is 0 Å². The molecule has 1 amide bonds. The van der Waals surface area contributed by atoms with Gasteiger partial charge in [-0.25, -0.2) is 4.39 Å². The summed E-state index contributed by atoms with van der Waals surface area (Å²) in [4.78, 5) is 14.8. The van der Waals surface area contributed by atoms with E-state index in [2.05, 4.69) is 10.3 Å². The Bertz CT molecular complexity index is 684. The summed E-state index contributed by atoms with van der Waals surface area (Å²) in [6.45, 7) is 0.347. The van der Waals surface area contributed by atoms with Gasteiger partial charge in [-0.3, -0.25) is 4.79 Å². The van der Waals surface area contributed by atoms with Gasteiger partial charge in [0.25, 0.3) is 5.91 Å². The number of furan rings is 1. The van der Waals surface area contributed by atoms with E-state index in [-0.39, 0.29) is 11.7 Å². The maximum Gasteiger partial charge on any atom is 0.268 e. The van der Waals surface area contributed by atoms with Crippen LogP contribution in [0.15, 0.2) is 47.1 Å². The molecule has 96 valence electrons. The van der Waals surface area contributed by atoms with E-state index in [9.17, 15) is 9.18 Å². The lowest BCUT2D eigenvalue weighted by atomic mass is 10.2. The average Bonchev–Trinajstić information content (AvgIpc) is 2.98. The lowest BCUT2D eigenvalue weighted by Crippen LogP contribution is -2.23. The SMILES string of the molecule is O=C(NCc1ccc(F)cc1)c1cc2occc2[nH]1. The normalized spacial score (nSPS) is 10.8. The summed E-state index contributed by atoms with van der Waals surface area (Å²) in [6, 6.07) is 9.40. The van der Waals surface area contributed by atoms with Crippen molar-refractivity contribution in [2.45, 2.75) is 6.54 Å². The van der Waals surface area contributed by atoms with Gasteiger partial charge in [-0.1, -0.05) is 12.1 Å². The Morgan fingerprint density at radius 1 is 1.26 bits per heavy atom. The van der Waals surface area contributed by atoms with Crippen LogP contribution in [0.4, 0.5) is 4.39 Å². The second-order valence-corrected chi connectivity index (χ2v) is 4.19. The molecule has 3 aromatic rings. The van der Waals surface area contributed by atoms with E-state index in [1.54, 1.807) is 30.5 Å². The van der Waals surface area contributed by atoms with E-state index in [1.165, 1.54) is 12.1 Å². The van der Waals surface area contributed by atoms with Crippen LogP contribution in [0, 0.1) is 5.82 Å². The molecule has 1 aromatic carbocycles. The van der Waals surface area contributed by atoms with Gasteiger partial charge < -0.3 is 14.7 Å². The van der Waals surface area contributed by atoms with Gasteiger partial charge in [-0.05, 0) is 17.7 Å². The maximum atomic E-state index is 12.7. The monoisotopic (exact) mass is 258 g/mol. The number of amides is 1. The van der Waals surface area contributed by atoms with Crippen molar-refractivity contribution in [3.05, 3.63) is 59.7 Å². The van der Waals surface area contributed by atoms with Gasteiger partial charge in [0.05, 0.1) is 11.8 Å². The lowest BCUT2D eigenvalue weighted by Gasteiger charge is -2.03. The minimum Gasteiger partial charge on any atom is -0.463 e. The van der Waals surface area contributed by atoms with Crippen molar-refractivity contribution in [3.63, 3.8) is 0 Å². The number of hydrogen-bond donors (Lipinski definition) is 2. The first kappa shape index (κ1) is 11.5. The highest BCUT2D eigenvalue weighted by Crippen LogP contribution is 2.15. The third-order valence-corrected chi connectivity index (χ3v) is 2.85. The Balaban J connectivity index is 1.68. The third-order valence-electron chi connectivity index (χ3n) is 2.85. The molecule has 19 heavy (non-hydrogen) atoms. The number of H-pyrrole nitrogens is 1. The summed E-state index contributed by atoms with van der Waals surface area (Å²) in [5.41, 5.74) is 2.71. The van der Waals surface area contributed by atoms with Crippen LogP contribution in [-0.4, -0.2) is 10.9 Å². The van der Waals surface area contributed by atoms with Gasteiger partial charge in [0.2, 0.25) is 0 Å². The largest absolute Gasteiger partial charge is 0.463 e. The topological polar surface area (TPSA) is 58.0 Å². The number of benzene rings is 1. The van der Waals surface area contributed by atoms with Gasteiger partial charge in [-0.2, -0.15) is 0 Å². The number of nitrogens with one attached hydrogen (secondary N) is 2. The zero-order chi connectivity index (χ0) is 13.2. The molecular weight excluding hydrogens is 247 g/mol. The number of hydrogen-bond acceptors (Lipinski definition) is 2. The van der Waals surface area contributed by atoms with E-state index in [1.807, 2.05) is 0 Å². The van der Waals surface area contributed by atoms with Crippen molar-refractivity contribution in [1.82, 2.24) is 10.3 Å². The Hall–Kier alpha value is -2.56. The number of fused-ring (bicyclic) bond motifs is 1. The fraction of sp³-hybridized carbons (Fsp3) is 0.0714. The van der Waals surface area contributed by atoms with Crippen LogP contribution in [0.5, 0.6) is 0 Å². The number of carbonyl (C=O) groups is 1. The smallest absolute Gasteiger partial charge is 0.268 e. The summed E-state index contributed by atoms with van der Waals surface area (Å²) in [7, 11) is 0. The summed E-state index contributed by atoms with van der Waals surface area (Å²) >= 11 is 0. The van der Waals surface area contributed by atoms with E-state index in [0.717, 1.165) is 11.1 Å². The van der Waals surface area contributed by atoms with E-state index in [4.69, 9.17) is 4.42 Å². The predicted molar refractivity (Wildman–Crippen MR) is 68.1 cm³/mol. The summed E-state index contributed by atoms with van der Waals surface area (Å²) in [6.07, 6.45) is 1.56. The molecule has 0 radical (unpaired) electrons. The summed E-state index contributed by atoms with van der Waals surface area (Å²) in [5, 5.41) is 2.75. The van der Waals surface area contributed by atoms with Crippen LogP contribution in [-0.2, 0) is 6.54 Å². The van der Waals surface area contributed by atoms with Gasteiger partial charge in [-0.15, -0.1) is 0 Å². The predicted octanol–water partition coefficient (Wildman–Crippen LogP) is 2.83. The van der Waals surface area contributed by atoms with Crippen LogP contribution < -0.4 is 5.32 Å². The van der Waals surface area contributed by atoms with Crippen molar-refractivity contribution in [3.8, 4) is 0 Å². The van der Waals surface area contributed by atoms with Crippen LogP contribution in [0.1, 0.15) is 16.1 Å². The molecule has 0 saturated carbocycles. The molecule has 0 spiro atoms. The van der Waals surface area contributed by atoms with Crippen LogP contribution in [0.3, 0.4) is 0 Å². The molecule has 0 aliphatic heterocycles. The average molecular weight is 258 g/mol. The van der Waals surface area contributed by atoms with Crippen molar-refractivity contribution in [2.24, 2.45) is 0 Å². The molecule has 4 nitrogen and oxygen atoms in total. The first-order chi connectivity index (χ1) is 9.22. The molecular formula is C14H11FN2O2. The fourth-order valence-corrected chi connectivity index (χ4v) is 1.85. The van der Waals surface area contributed by atoms with Crippen molar-refractivity contribution < 1.29 is 13.6 Å². The molecule has 0 saturated heterocycles. The maximum absolute atomic E-state index is 12.7. The molecule has 0 bridgehead atoms. The molecule has 0 atom stereocenters. The van der Waals surface area contributed by atoms with Crippen molar-refractivity contribution >= 4 is 17.0 Å². The standard InChI is InChI=1S/C14H11FN2O2/c15-10-3-1-9(2-4-10)8-16-14(18)12-7-13-11(17-12)5-6-19-13/h1-7,17H,8H2,(H,16,18). The van der Waals surface area contributed by atoms with Crippen molar-refractivity contribution in [1.29, 1.82) is 0 Å². The summed E-state index contributed by atoms with van der Waals surface area (Å²) < 4.78 is 17.9. The Kier molecular flexibility index (Phi) is 2.79. The summed E-state index contributed by atoms with van der Waals surface area (Å²) in [5.74, 6) is -0.518. The molecule has 2 aromatic heterocycles. The second-order valence-electron chi connectivity index (χ2n) is 4.19. The van der Waals surface area contributed by atoms with E-state index >= 15 is 0 Å². The van der Waals surface area contributed by atoms with Crippen LogP contribution >= 0.6 is 0 Å². The number of aromatic amines is 1. The highest BCUT2D eigenvalue weighted by atomic mass is 19.1. The number of carbonyl (C=O) groups excluding carboxylic acids is 1. The quantitative estimate of drug-likeness (QED) is 0.759. The van der Waals surface area contributed by atoms with Gasteiger partial charge in [0, 0.05) is 18.7 Å². The Labute approximate surface area is 108 Å². The highest BCUT2D eigenvalue weighted by molar-refractivity contribution is 5.96. The fourth-order valence-electron chi connectivity index (χ4n) is 1.85. The number of halogens is 1.